The van der Waals surface area contributed by atoms with Crippen LogP contribution in [0.5, 0.6) is 0 Å². The predicted molar refractivity (Wildman–Crippen MR) is 81.5 cm³/mol. The first-order valence-corrected chi connectivity index (χ1v) is 6.91. The second kappa shape index (κ2) is 6.61. The Morgan fingerprint density at radius 3 is 2.33 bits per heavy atom. The van der Waals surface area contributed by atoms with E-state index in [9.17, 15) is 14.7 Å². The molecule has 0 fully saturated rings. The number of esters is 1. The Bertz CT molecular complexity index is 517. The van der Waals surface area contributed by atoms with Gasteiger partial charge in [0.1, 0.15) is 6.04 Å². The van der Waals surface area contributed by atoms with Gasteiger partial charge in [0, 0.05) is 5.69 Å². The molecule has 0 heterocycles. The number of carbonyl (C=O) groups excluding carboxylic acids is 1. The van der Waals surface area contributed by atoms with Crippen molar-refractivity contribution in [2.75, 3.05) is 5.32 Å². The predicted octanol–water partition coefficient (Wildman–Crippen LogP) is 3.16. The summed E-state index contributed by atoms with van der Waals surface area (Å²) in [6, 6.07) is 5.91. The molecule has 1 unspecified atom stereocenters. The lowest BCUT2D eigenvalue weighted by molar-refractivity contribution is -0.140. The highest BCUT2D eigenvalue weighted by atomic mass is 16.5. The zero-order valence-corrected chi connectivity index (χ0v) is 13.1. The van der Waals surface area contributed by atoms with E-state index in [0.717, 1.165) is 0 Å². The van der Waals surface area contributed by atoms with E-state index >= 15 is 0 Å². The monoisotopic (exact) mass is 293 g/mol. The smallest absolute Gasteiger partial charge is 0.338 e. The van der Waals surface area contributed by atoms with Crippen molar-refractivity contribution in [2.24, 2.45) is 5.41 Å². The van der Waals surface area contributed by atoms with E-state index in [2.05, 4.69) is 5.32 Å². The maximum atomic E-state index is 11.9. The van der Waals surface area contributed by atoms with Crippen molar-refractivity contribution < 1.29 is 19.4 Å². The number of carbonyl (C=O) groups is 2. The molecule has 1 aromatic carbocycles. The first kappa shape index (κ1) is 17.0. The van der Waals surface area contributed by atoms with Crippen molar-refractivity contribution in [1.29, 1.82) is 0 Å². The molecule has 2 N–H and O–H groups in total. The number of carboxylic acid groups (broad SMARTS) is 1. The van der Waals surface area contributed by atoms with Crippen molar-refractivity contribution in [1.82, 2.24) is 0 Å². The van der Waals surface area contributed by atoms with Crippen LogP contribution in [0.25, 0.3) is 0 Å². The lowest BCUT2D eigenvalue weighted by atomic mass is 9.86. The summed E-state index contributed by atoms with van der Waals surface area (Å²) in [4.78, 5) is 23.2. The molecule has 0 saturated heterocycles. The second-order valence-corrected chi connectivity index (χ2v) is 6.32. The molecule has 0 aromatic heterocycles. The maximum Gasteiger partial charge on any atom is 0.338 e. The van der Waals surface area contributed by atoms with Crippen LogP contribution in [0.2, 0.25) is 0 Å². The summed E-state index contributed by atoms with van der Waals surface area (Å²) < 4.78 is 5.13. The average molecular weight is 293 g/mol. The van der Waals surface area contributed by atoms with Gasteiger partial charge in [-0.05, 0) is 37.5 Å². The Labute approximate surface area is 125 Å². The molecule has 1 rings (SSSR count). The zero-order chi connectivity index (χ0) is 16.2. The Hall–Kier alpha value is -2.04. The minimum absolute atomic E-state index is 0.199. The summed E-state index contributed by atoms with van der Waals surface area (Å²) in [7, 11) is 0. The van der Waals surface area contributed by atoms with Crippen molar-refractivity contribution in [2.45, 2.75) is 46.8 Å². The third kappa shape index (κ3) is 5.10. The van der Waals surface area contributed by atoms with Crippen molar-refractivity contribution in [3.8, 4) is 0 Å². The quantitative estimate of drug-likeness (QED) is 0.816. The van der Waals surface area contributed by atoms with Gasteiger partial charge in [-0.15, -0.1) is 0 Å². The first-order valence-electron chi connectivity index (χ1n) is 6.91. The average Bonchev–Trinajstić information content (AvgIpc) is 2.33. The van der Waals surface area contributed by atoms with Gasteiger partial charge in [0.05, 0.1) is 11.7 Å². The number of hydrogen-bond donors (Lipinski definition) is 2. The van der Waals surface area contributed by atoms with Gasteiger partial charge in [-0.3, -0.25) is 0 Å². The summed E-state index contributed by atoms with van der Waals surface area (Å²) in [5.41, 5.74) is 0.516. The highest BCUT2D eigenvalue weighted by Gasteiger charge is 2.31. The molecule has 1 aromatic rings. The largest absolute Gasteiger partial charge is 0.480 e. The number of ether oxygens (including phenoxy) is 1. The fourth-order valence-electron chi connectivity index (χ4n) is 1.83. The molecule has 0 radical (unpaired) electrons. The molecule has 116 valence electrons. The molecular formula is C16H23NO4. The van der Waals surface area contributed by atoms with Crippen LogP contribution in [-0.4, -0.2) is 29.2 Å². The molecule has 0 spiro atoms. The van der Waals surface area contributed by atoms with E-state index in [1.807, 2.05) is 20.8 Å². The van der Waals surface area contributed by atoms with Crippen LogP contribution >= 0.6 is 0 Å². The molecular weight excluding hydrogens is 270 g/mol. The van der Waals surface area contributed by atoms with E-state index in [1.54, 1.807) is 38.1 Å². The van der Waals surface area contributed by atoms with Crippen LogP contribution < -0.4 is 5.32 Å². The third-order valence-electron chi connectivity index (χ3n) is 2.86. The van der Waals surface area contributed by atoms with Crippen molar-refractivity contribution in [3.05, 3.63) is 29.8 Å². The molecule has 0 saturated carbocycles. The topological polar surface area (TPSA) is 75.6 Å². The van der Waals surface area contributed by atoms with E-state index < -0.39 is 23.4 Å². The van der Waals surface area contributed by atoms with E-state index in [-0.39, 0.29) is 6.10 Å². The highest BCUT2D eigenvalue weighted by Crippen LogP contribution is 2.24. The molecule has 0 aliphatic heterocycles. The minimum atomic E-state index is -0.933. The van der Waals surface area contributed by atoms with Gasteiger partial charge < -0.3 is 15.2 Å². The lowest BCUT2D eigenvalue weighted by Crippen LogP contribution is -2.41. The normalized spacial score (nSPS) is 12.9. The minimum Gasteiger partial charge on any atom is -0.480 e. The van der Waals surface area contributed by atoms with Gasteiger partial charge in [0.15, 0.2) is 0 Å². The van der Waals surface area contributed by atoms with Crippen molar-refractivity contribution >= 4 is 17.6 Å². The van der Waals surface area contributed by atoms with Crippen LogP contribution in [0.4, 0.5) is 5.69 Å². The van der Waals surface area contributed by atoms with Crippen LogP contribution in [0.15, 0.2) is 24.3 Å². The summed E-state index contributed by atoms with van der Waals surface area (Å²) >= 11 is 0. The molecule has 5 nitrogen and oxygen atoms in total. The molecule has 0 aliphatic carbocycles. The Balaban J connectivity index is 2.95. The number of carboxylic acids is 1. The summed E-state index contributed by atoms with van der Waals surface area (Å²) in [5.74, 6) is -1.35. The molecule has 21 heavy (non-hydrogen) atoms. The third-order valence-corrected chi connectivity index (χ3v) is 2.86. The van der Waals surface area contributed by atoms with Gasteiger partial charge in [0.2, 0.25) is 0 Å². The van der Waals surface area contributed by atoms with E-state index in [4.69, 9.17) is 4.74 Å². The van der Waals surface area contributed by atoms with Gasteiger partial charge in [-0.25, -0.2) is 9.59 Å². The number of benzene rings is 1. The molecule has 0 amide bonds. The Kier molecular flexibility index (Phi) is 5.35. The fourth-order valence-corrected chi connectivity index (χ4v) is 1.83. The van der Waals surface area contributed by atoms with E-state index in [1.165, 1.54) is 0 Å². The Morgan fingerprint density at radius 2 is 1.86 bits per heavy atom. The Morgan fingerprint density at radius 1 is 1.24 bits per heavy atom. The molecule has 1 atom stereocenters. The summed E-state index contributed by atoms with van der Waals surface area (Å²) in [5, 5.41) is 12.3. The number of rotatable bonds is 5. The summed E-state index contributed by atoms with van der Waals surface area (Å²) in [6.07, 6.45) is -0.199. The van der Waals surface area contributed by atoms with Crippen LogP contribution in [0.1, 0.15) is 45.0 Å². The van der Waals surface area contributed by atoms with Crippen molar-refractivity contribution in [3.63, 3.8) is 0 Å². The fraction of sp³-hybridized carbons (Fsp3) is 0.500. The number of aliphatic carboxylic acids is 1. The number of hydrogen-bond acceptors (Lipinski definition) is 4. The van der Waals surface area contributed by atoms with Gasteiger partial charge in [-0.1, -0.05) is 26.8 Å². The standard InChI is InChI=1S/C16H23NO4/c1-10(2)21-15(20)11-7-6-8-12(9-11)17-13(14(18)19)16(3,4)5/h6-10,13,17H,1-5H3,(H,18,19). The first-order chi connectivity index (χ1) is 9.61. The van der Waals surface area contributed by atoms with Crippen LogP contribution in [0.3, 0.4) is 0 Å². The second-order valence-electron chi connectivity index (χ2n) is 6.32. The van der Waals surface area contributed by atoms with E-state index in [0.29, 0.717) is 11.3 Å². The van der Waals surface area contributed by atoms with Crippen LogP contribution in [-0.2, 0) is 9.53 Å². The zero-order valence-electron chi connectivity index (χ0n) is 13.1. The lowest BCUT2D eigenvalue weighted by Gasteiger charge is -2.28. The van der Waals surface area contributed by atoms with Gasteiger partial charge in [0.25, 0.3) is 0 Å². The van der Waals surface area contributed by atoms with Gasteiger partial charge >= 0.3 is 11.9 Å². The highest BCUT2D eigenvalue weighted by molar-refractivity contribution is 5.91. The van der Waals surface area contributed by atoms with Gasteiger partial charge in [-0.2, -0.15) is 0 Å². The molecule has 0 aliphatic rings. The molecule has 5 heteroatoms. The maximum absolute atomic E-state index is 11.9. The number of nitrogens with one attached hydrogen (secondary N) is 1. The molecule has 0 bridgehead atoms. The summed E-state index contributed by atoms with van der Waals surface area (Å²) in [6.45, 7) is 9.08. The van der Waals surface area contributed by atoms with Crippen LogP contribution in [0, 0.1) is 5.41 Å². The SMILES string of the molecule is CC(C)OC(=O)c1cccc(NC(C(=O)O)C(C)(C)C)c1. The number of anilines is 1.